The predicted molar refractivity (Wildman–Crippen MR) is 131 cm³/mol. The van der Waals surface area contributed by atoms with Crippen molar-refractivity contribution in [3.63, 3.8) is 0 Å². The van der Waals surface area contributed by atoms with E-state index >= 15 is 13.2 Å². The van der Waals surface area contributed by atoms with Gasteiger partial charge in [0.25, 0.3) is 11.2 Å². The molecule has 4 unspecified atom stereocenters. The molecule has 3 aromatic rings. The number of cyclic esters (lactones) is 1. The zero-order valence-electron chi connectivity index (χ0n) is 20.7. The molecule has 1 saturated carbocycles. The van der Waals surface area contributed by atoms with Crippen molar-refractivity contribution in [1.82, 2.24) is 24.5 Å². The van der Waals surface area contributed by atoms with E-state index in [1.54, 1.807) is 0 Å². The van der Waals surface area contributed by atoms with Gasteiger partial charge in [-0.25, -0.2) is 14.3 Å². The van der Waals surface area contributed by atoms with Gasteiger partial charge >= 0.3 is 18.0 Å². The topological polar surface area (TPSA) is 153 Å². The number of nitrogens with zero attached hydrogens (tertiary/aromatic N) is 4. The molecule has 0 spiro atoms. The highest BCUT2D eigenvalue weighted by molar-refractivity contribution is 6.30. The van der Waals surface area contributed by atoms with Crippen molar-refractivity contribution in [2.75, 3.05) is 11.9 Å². The van der Waals surface area contributed by atoms with Crippen LogP contribution in [0.15, 0.2) is 34.0 Å². The van der Waals surface area contributed by atoms with Gasteiger partial charge in [-0.3, -0.25) is 19.7 Å². The monoisotopic (exact) mass is 582 g/mol. The summed E-state index contributed by atoms with van der Waals surface area (Å²) in [7, 11) is 0. The largest absolute Gasteiger partial charge is 0.439 e. The van der Waals surface area contributed by atoms with Crippen LogP contribution in [-0.4, -0.2) is 54.6 Å². The van der Waals surface area contributed by atoms with Gasteiger partial charge in [-0.15, -0.1) is 5.10 Å². The minimum atomic E-state index is -5.20. The average Bonchev–Trinajstić information content (AvgIpc) is 3.49. The number of aliphatic hydroxyl groups excluding tert-OH is 1. The summed E-state index contributed by atoms with van der Waals surface area (Å²) < 4.78 is 59.2. The van der Waals surface area contributed by atoms with Crippen LogP contribution in [0, 0.1) is 6.92 Å². The number of ether oxygens (including phenoxy) is 2. The molecule has 0 bridgehead atoms. The highest BCUT2D eigenvalue weighted by atomic mass is 35.5. The third-order valence-corrected chi connectivity index (χ3v) is 7.65. The van der Waals surface area contributed by atoms with Crippen molar-refractivity contribution in [2.24, 2.45) is 0 Å². The molecule has 2 fully saturated rings. The molecule has 40 heavy (non-hydrogen) atoms. The number of benzene rings is 1. The Hall–Kier alpha value is -3.69. The second-order valence-corrected chi connectivity index (χ2v) is 10.5. The molecule has 1 amide bonds. The Morgan fingerprint density at radius 3 is 2.67 bits per heavy atom. The Morgan fingerprint density at radius 1 is 1.25 bits per heavy atom. The molecular formula is C24H22ClF3N6O6. The molecule has 16 heteroatoms. The maximum Gasteiger partial charge on any atom is 0.439 e. The first-order chi connectivity index (χ1) is 18.9. The van der Waals surface area contributed by atoms with E-state index in [1.807, 2.05) is 0 Å². The van der Waals surface area contributed by atoms with Crippen LogP contribution < -0.4 is 16.6 Å². The lowest BCUT2D eigenvalue weighted by Gasteiger charge is -2.40. The number of fused-ring (bicyclic) bond motifs is 1. The van der Waals surface area contributed by atoms with Crippen molar-refractivity contribution in [1.29, 1.82) is 0 Å². The van der Waals surface area contributed by atoms with Crippen LogP contribution in [0.4, 0.5) is 23.7 Å². The second kappa shape index (κ2) is 9.17. The van der Waals surface area contributed by atoms with Crippen LogP contribution in [0.3, 0.4) is 0 Å². The van der Waals surface area contributed by atoms with Gasteiger partial charge in [0.05, 0.1) is 24.0 Å². The summed E-state index contributed by atoms with van der Waals surface area (Å²) in [6, 6.07) is 2.59. The molecule has 12 nitrogen and oxygen atoms in total. The Kier molecular flexibility index (Phi) is 6.08. The van der Waals surface area contributed by atoms with Gasteiger partial charge in [0.1, 0.15) is 18.0 Å². The zero-order valence-corrected chi connectivity index (χ0v) is 21.5. The van der Waals surface area contributed by atoms with Gasteiger partial charge in [-0.2, -0.15) is 13.2 Å². The second-order valence-electron chi connectivity index (χ2n) is 10.0. The predicted octanol–water partition coefficient (Wildman–Crippen LogP) is 2.86. The number of halogens is 4. The summed E-state index contributed by atoms with van der Waals surface area (Å²) in [5.41, 5.74) is -5.68. The summed E-state index contributed by atoms with van der Waals surface area (Å²) in [5, 5.41) is 20.6. The number of aromatic nitrogens is 5. The standard InChI is InChI=1S/C24H22ClF3N6O6/c1-10-8-33(21(37)30-20(10)36)17-7-15(16(9-35)39-17)34-19(18(31-32-34)11-2-3-11)23(24(26,27)28)13-6-12(25)4-5-14(13)29-22(38)40-23/h4-6,8,11,15-17,35H,2-3,7,9H2,1H3,(H,29,38)(H,30,36,37). The SMILES string of the molecule is Cc1cn(C2CC(n3nnc(C4CC4)c3C3(C(F)(F)F)OC(=O)Nc4ccc(Cl)cc43)C(CO)O2)c(=O)[nH]c1=O. The number of carbonyl (C=O) groups excluding carboxylic acids is 1. The van der Waals surface area contributed by atoms with Crippen molar-refractivity contribution >= 4 is 23.4 Å². The number of carbonyl (C=O) groups is 1. The lowest BCUT2D eigenvalue weighted by atomic mass is 9.84. The highest BCUT2D eigenvalue weighted by Gasteiger charge is 2.67. The highest BCUT2D eigenvalue weighted by Crippen LogP contribution is 2.56. The first kappa shape index (κ1) is 26.5. The smallest absolute Gasteiger partial charge is 0.421 e. The maximum atomic E-state index is 15.4. The number of hydrogen-bond donors (Lipinski definition) is 3. The van der Waals surface area contributed by atoms with Crippen LogP contribution >= 0.6 is 11.6 Å². The number of H-pyrrole nitrogens is 1. The van der Waals surface area contributed by atoms with E-state index in [2.05, 4.69) is 20.6 Å². The van der Waals surface area contributed by atoms with Gasteiger partial charge < -0.3 is 14.6 Å². The molecule has 212 valence electrons. The normalized spacial score (nSPS) is 26.4. The van der Waals surface area contributed by atoms with E-state index in [4.69, 9.17) is 21.1 Å². The zero-order chi connectivity index (χ0) is 28.6. The molecule has 4 atom stereocenters. The quantitative estimate of drug-likeness (QED) is 0.415. The Labute approximate surface area is 227 Å². The van der Waals surface area contributed by atoms with E-state index in [-0.39, 0.29) is 34.3 Å². The molecule has 2 aromatic heterocycles. The number of hydrogen-bond acceptors (Lipinski definition) is 8. The molecule has 3 N–H and O–H groups in total. The molecule has 1 aliphatic carbocycles. The van der Waals surface area contributed by atoms with Gasteiger partial charge in [0.2, 0.25) is 0 Å². The van der Waals surface area contributed by atoms with E-state index in [0.29, 0.717) is 12.8 Å². The lowest BCUT2D eigenvalue weighted by Crippen LogP contribution is -2.53. The van der Waals surface area contributed by atoms with Crippen LogP contribution in [-0.2, 0) is 15.1 Å². The number of rotatable bonds is 5. The van der Waals surface area contributed by atoms with Gasteiger partial charge in [0, 0.05) is 34.7 Å². The molecule has 1 saturated heterocycles. The fourth-order valence-corrected chi connectivity index (χ4v) is 5.56. The van der Waals surface area contributed by atoms with E-state index in [9.17, 15) is 19.5 Å². The lowest BCUT2D eigenvalue weighted by molar-refractivity contribution is -0.249. The summed E-state index contributed by atoms with van der Waals surface area (Å²) >= 11 is 6.12. The minimum Gasteiger partial charge on any atom is -0.421 e. The molecule has 1 aromatic carbocycles. The number of amides is 1. The first-order valence-electron chi connectivity index (χ1n) is 12.3. The molecular weight excluding hydrogens is 561 g/mol. The van der Waals surface area contributed by atoms with Crippen LogP contribution in [0.1, 0.15) is 60.0 Å². The van der Waals surface area contributed by atoms with Crippen molar-refractivity contribution < 1.29 is 32.5 Å². The van der Waals surface area contributed by atoms with E-state index in [0.717, 1.165) is 15.3 Å². The number of aryl methyl sites for hydroxylation is 1. The third-order valence-electron chi connectivity index (χ3n) is 7.42. The van der Waals surface area contributed by atoms with Gasteiger partial charge in [-0.05, 0) is 38.0 Å². The number of anilines is 1. The van der Waals surface area contributed by atoms with Gasteiger partial charge in [0.15, 0.2) is 0 Å². The molecule has 6 rings (SSSR count). The third kappa shape index (κ3) is 4.02. The van der Waals surface area contributed by atoms with E-state index in [1.165, 1.54) is 25.3 Å². The van der Waals surface area contributed by atoms with Crippen molar-refractivity contribution in [3.05, 3.63) is 72.8 Å². The van der Waals surface area contributed by atoms with Crippen LogP contribution in [0.25, 0.3) is 0 Å². The van der Waals surface area contributed by atoms with Crippen molar-refractivity contribution in [3.8, 4) is 0 Å². The summed E-state index contributed by atoms with van der Waals surface area (Å²) in [6.07, 6.45) is -6.49. The van der Waals surface area contributed by atoms with Gasteiger partial charge in [-0.1, -0.05) is 16.8 Å². The molecule has 3 aliphatic rings. The fourth-order valence-electron chi connectivity index (χ4n) is 5.39. The molecule has 2 aliphatic heterocycles. The first-order valence-corrected chi connectivity index (χ1v) is 12.7. The number of nitrogens with one attached hydrogen (secondary N) is 2. The summed E-state index contributed by atoms with van der Waals surface area (Å²) in [5.74, 6) is -0.366. The minimum absolute atomic E-state index is 0.00450. The maximum absolute atomic E-state index is 15.4. The number of aromatic amines is 1. The Bertz CT molecular complexity index is 1630. The van der Waals surface area contributed by atoms with Crippen LogP contribution in [0.2, 0.25) is 5.02 Å². The fraction of sp³-hybridized carbons (Fsp3) is 0.458. The molecule has 0 radical (unpaired) electrons. The van der Waals surface area contributed by atoms with Crippen LogP contribution in [0.5, 0.6) is 0 Å². The van der Waals surface area contributed by atoms with E-state index < -0.39 is 65.4 Å². The molecule has 4 heterocycles. The van der Waals surface area contributed by atoms with Crippen molar-refractivity contribution in [2.45, 2.75) is 62.3 Å². The number of alkyl halides is 3. The Balaban J connectivity index is 1.56. The summed E-state index contributed by atoms with van der Waals surface area (Å²) in [6.45, 7) is 0.836. The number of aliphatic hydroxyl groups is 1. The average molecular weight is 583 g/mol. The summed E-state index contributed by atoms with van der Waals surface area (Å²) in [4.78, 5) is 39.1. The Morgan fingerprint density at radius 2 is 2.00 bits per heavy atom.